The molecule has 0 fully saturated rings. The number of H-pyrrole nitrogens is 1. The monoisotopic (exact) mass is 425 g/mol. The number of primary amides is 1. The average molecular weight is 425 g/mol. The number of hydrogen-bond donors (Lipinski definition) is 4. The second-order valence-electron chi connectivity index (χ2n) is 6.56. The Bertz CT molecular complexity index is 1210. The molecule has 1 atom stereocenters. The zero-order valence-electron chi connectivity index (χ0n) is 16.0. The third-order valence-electron chi connectivity index (χ3n) is 4.45. The lowest BCUT2D eigenvalue weighted by molar-refractivity contribution is 0.100. The van der Waals surface area contributed by atoms with Gasteiger partial charge in [-0.25, -0.2) is 0 Å². The largest absolute Gasteiger partial charge is 0.455 e. The van der Waals surface area contributed by atoms with E-state index in [0.717, 1.165) is 22.6 Å². The van der Waals surface area contributed by atoms with Gasteiger partial charge in [0.05, 0.1) is 23.0 Å². The number of carbonyl (C=O) groups excluding carboxylic acids is 1. The molecule has 10 nitrogen and oxygen atoms in total. The minimum Gasteiger partial charge on any atom is -0.455 e. The van der Waals surface area contributed by atoms with E-state index in [9.17, 15) is 9.90 Å². The first-order valence-electron chi connectivity index (χ1n) is 9.08. The van der Waals surface area contributed by atoms with Crippen molar-refractivity contribution in [2.45, 2.75) is 19.4 Å². The number of nitrogens with zero attached hydrogens (tertiary/aromatic N) is 4. The van der Waals surface area contributed by atoms with E-state index < -0.39 is 12.0 Å². The van der Waals surface area contributed by atoms with E-state index >= 15 is 0 Å². The number of rotatable bonds is 7. The van der Waals surface area contributed by atoms with Crippen LogP contribution >= 0.6 is 11.3 Å². The van der Waals surface area contributed by atoms with Crippen LogP contribution < -0.4 is 16.2 Å². The molecule has 6 N–H and O–H groups in total. The minimum absolute atomic E-state index is 0.0673. The SMILES string of the molecule is Cc1cccc(-c2nc(OC(CCO)c3cn[nH]c3)nc3sc(C(N)=O)c(N)c23)n1. The van der Waals surface area contributed by atoms with Crippen LogP contribution in [-0.2, 0) is 0 Å². The van der Waals surface area contributed by atoms with Crippen LogP contribution in [0.25, 0.3) is 21.6 Å². The Morgan fingerprint density at radius 2 is 2.17 bits per heavy atom. The van der Waals surface area contributed by atoms with Gasteiger partial charge in [-0.2, -0.15) is 15.1 Å². The summed E-state index contributed by atoms with van der Waals surface area (Å²) in [6.07, 6.45) is 3.09. The number of ether oxygens (including phenoxy) is 1. The number of nitrogen functional groups attached to an aromatic ring is 1. The number of fused-ring (bicyclic) bond motifs is 1. The number of aliphatic hydroxyl groups excluding tert-OH is 1. The predicted octanol–water partition coefficient (Wildman–Crippen LogP) is 1.97. The van der Waals surface area contributed by atoms with E-state index in [-0.39, 0.29) is 23.2 Å². The predicted molar refractivity (Wildman–Crippen MR) is 112 cm³/mol. The Hall–Kier alpha value is -3.57. The number of nitrogens with one attached hydrogen (secondary N) is 1. The zero-order chi connectivity index (χ0) is 21.3. The number of nitrogens with two attached hydrogens (primary N) is 2. The molecule has 0 saturated carbocycles. The van der Waals surface area contributed by atoms with Gasteiger partial charge in [0.1, 0.15) is 21.5 Å². The van der Waals surface area contributed by atoms with Gasteiger partial charge in [0.15, 0.2) is 0 Å². The van der Waals surface area contributed by atoms with Crippen molar-refractivity contribution in [1.82, 2.24) is 25.1 Å². The van der Waals surface area contributed by atoms with Crippen molar-refractivity contribution in [2.24, 2.45) is 5.73 Å². The maximum Gasteiger partial charge on any atom is 0.319 e. The number of hydrogen-bond acceptors (Lipinski definition) is 9. The number of aromatic nitrogens is 5. The number of thiophene rings is 1. The fourth-order valence-corrected chi connectivity index (χ4v) is 4.01. The van der Waals surface area contributed by atoms with Crippen LogP contribution in [0, 0.1) is 6.92 Å². The highest BCUT2D eigenvalue weighted by Gasteiger charge is 2.23. The normalized spacial score (nSPS) is 12.2. The summed E-state index contributed by atoms with van der Waals surface area (Å²) < 4.78 is 5.99. The molecule has 0 aliphatic carbocycles. The number of pyridine rings is 1. The number of anilines is 1. The maximum absolute atomic E-state index is 11.8. The lowest BCUT2D eigenvalue weighted by atomic mass is 10.1. The van der Waals surface area contributed by atoms with Gasteiger partial charge in [0.25, 0.3) is 5.91 Å². The molecule has 0 spiro atoms. The Labute approximate surface area is 174 Å². The third-order valence-corrected chi connectivity index (χ3v) is 5.57. The molecule has 1 amide bonds. The minimum atomic E-state index is -0.641. The molecule has 4 aromatic heterocycles. The Morgan fingerprint density at radius 3 is 2.83 bits per heavy atom. The number of aliphatic hydroxyl groups is 1. The van der Waals surface area contributed by atoms with Crippen molar-refractivity contribution in [3.05, 3.63) is 46.7 Å². The number of aromatic amines is 1. The van der Waals surface area contributed by atoms with Crippen molar-refractivity contribution in [1.29, 1.82) is 0 Å². The van der Waals surface area contributed by atoms with Gasteiger partial charge < -0.3 is 21.3 Å². The van der Waals surface area contributed by atoms with E-state index in [1.807, 2.05) is 19.1 Å². The average Bonchev–Trinajstić information content (AvgIpc) is 3.36. The van der Waals surface area contributed by atoms with Gasteiger partial charge >= 0.3 is 6.01 Å². The summed E-state index contributed by atoms with van der Waals surface area (Å²) in [7, 11) is 0. The Morgan fingerprint density at radius 1 is 1.33 bits per heavy atom. The van der Waals surface area contributed by atoms with Gasteiger partial charge in [-0.15, -0.1) is 11.3 Å². The summed E-state index contributed by atoms with van der Waals surface area (Å²) in [5, 5.41) is 16.6. The maximum atomic E-state index is 11.8. The van der Waals surface area contributed by atoms with Crippen LogP contribution in [0.4, 0.5) is 5.69 Å². The standard InChI is InChI=1S/C19H19N7O3S/c1-9-3-2-4-11(24-9)15-13-14(20)16(17(21)28)30-18(13)26-19(25-15)29-12(5-6-27)10-7-22-23-8-10/h2-4,7-8,12,27H,5-6,20H2,1H3,(H2,21,28)(H,22,23). The van der Waals surface area contributed by atoms with E-state index in [1.165, 1.54) is 0 Å². The van der Waals surface area contributed by atoms with Crippen LogP contribution in [0.5, 0.6) is 6.01 Å². The number of amides is 1. The van der Waals surface area contributed by atoms with Crippen LogP contribution in [0.2, 0.25) is 0 Å². The second-order valence-corrected chi connectivity index (χ2v) is 7.56. The van der Waals surface area contributed by atoms with Crippen molar-refractivity contribution in [3.63, 3.8) is 0 Å². The quantitative estimate of drug-likeness (QED) is 0.349. The fourth-order valence-electron chi connectivity index (χ4n) is 3.07. The number of aryl methyl sites for hydroxylation is 1. The van der Waals surface area contributed by atoms with Crippen molar-refractivity contribution >= 4 is 33.1 Å². The molecule has 0 aliphatic rings. The highest BCUT2D eigenvalue weighted by Crippen LogP contribution is 2.39. The summed E-state index contributed by atoms with van der Waals surface area (Å²) >= 11 is 1.07. The molecular weight excluding hydrogens is 406 g/mol. The lowest BCUT2D eigenvalue weighted by Crippen LogP contribution is -2.11. The lowest BCUT2D eigenvalue weighted by Gasteiger charge is -2.16. The van der Waals surface area contributed by atoms with Gasteiger partial charge in [-0.05, 0) is 19.1 Å². The van der Waals surface area contributed by atoms with Crippen LogP contribution in [0.3, 0.4) is 0 Å². The summed E-state index contributed by atoms with van der Waals surface area (Å²) in [5.41, 5.74) is 14.4. The molecule has 0 bridgehead atoms. The van der Waals surface area contributed by atoms with Gasteiger partial charge in [-0.3, -0.25) is 14.9 Å². The van der Waals surface area contributed by atoms with Crippen LogP contribution in [-0.4, -0.2) is 42.8 Å². The zero-order valence-corrected chi connectivity index (χ0v) is 16.8. The Kier molecular flexibility index (Phi) is 5.29. The molecular formula is C19H19N7O3S. The van der Waals surface area contributed by atoms with Crippen molar-refractivity contribution in [3.8, 4) is 17.4 Å². The van der Waals surface area contributed by atoms with Crippen LogP contribution in [0.15, 0.2) is 30.6 Å². The van der Waals surface area contributed by atoms with E-state index in [0.29, 0.717) is 28.0 Å². The fraction of sp³-hybridized carbons (Fsp3) is 0.211. The molecule has 11 heteroatoms. The topological polar surface area (TPSA) is 166 Å². The molecule has 4 rings (SSSR count). The van der Waals surface area contributed by atoms with E-state index in [4.69, 9.17) is 16.2 Å². The van der Waals surface area contributed by atoms with E-state index in [2.05, 4.69) is 25.1 Å². The molecule has 0 aromatic carbocycles. The van der Waals surface area contributed by atoms with Crippen molar-refractivity contribution < 1.29 is 14.6 Å². The van der Waals surface area contributed by atoms with Gasteiger partial charge in [0.2, 0.25) is 0 Å². The third kappa shape index (κ3) is 3.67. The molecule has 4 heterocycles. The van der Waals surface area contributed by atoms with Crippen LogP contribution in [0.1, 0.15) is 33.5 Å². The highest BCUT2D eigenvalue weighted by molar-refractivity contribution is 7.21. The molecule has 0 aliphatic heterocycles. The second kappa shape index (κ2) is 8.05. The molecule has 4 aromatic rings. The summed E-state index contributed by atoms with van der Waals surface area (Å²) in [4.78, 5) is 26.0. The Balaban J connectivity index is 1.88. The van der Waals surface area contributed by atoms with Gasteiger partial charge in [-0.1, -0.05) is 6.07 Å². The highest BCUT2D eigenvalue weighted by atomic mass is 32.1. The van der Waals surface area contributed by atoms with Crippen molar-refractivity contribution in [2.75, 3.05) is 12.3 Å². The first kappa shape index (κ1) is 19.7. The van der Waals surface area contributed by atoms with Gasteiger partial charge in [0, 0.05) is 30.5 Å². The first-order chi connectivity index (χ1) is 14.5. The smallest absolute Gasteiger partial charge is 0.319 e. The number of carbonyl (C=O) groups is 1. The van der Waals surface area contributed by atoms with E-state index in [1.54, 1.807) is 18.5 Å². The molecule has 154 valence electrons. The molecule has 0 radical (unpaired) electrons. The molecule has 0 saturated heterocycles. The molecule has 1 unspecified atom stereocenters. The summed E-state index contributed by atoms with van der Waals surface area (Å²) in [6, 6.07) is 5.57. The summed E-state index contributed by atoms with van der Waals surface area (Å²) in [5.74, 6) is -0.641. The summed E-state index contributed by atoms with van der Waals surface area (Å²) in [6.45, 7) is 1.77. The molecule has 30 heavy (non-hydrogen) atoms. The first-order valence-corrected chi connectivity index (χ1v) is 9.89.